The lowest BCUT2D eigenvalue weighted by Gasteiger charge is -2.09. The van der Waals surface area contributed by atoms with E-state index in [1.165, 1.54) is 16.6 Å². The highest BCUT2D eigenvalue weighted by molar-refractivity contribution is 6.81. The van der Waals surface area contributed by atoms with Crippen molar-refractivity contribution >= 4 is 12.2 Å². The van der Waals surface area contributed by atoms with E-state index < -0.39 is 0 Å². The molecule has 0 fully saturated rings. The fourth-order valence-corrected chi connectivity index (χ4v) is 2.59. The lowest BCUT2D eigenvalue weighted by molar-refractivity contribution is 0.789. The zero-order chi connectivity index (χ0) is 11.7. The van der Waals surface area contributed by atoms with Gasteiger partial charge in [0.2, 0.25) is 0 Å². The molecule has 0 bridgehead atoms. The summed E-state index contributed by atoms with van der Waals surface area (Å²) in [5.74, 6) is 2.39. The molecule has 0 N–H and O–H groups in total. The Bertz CT molecular complexity index is 569. The Morgan fingerprint density at radius 1 is 1.47 bits per heavy atom. The van der Waals surface area contributed by atoms with Crippen molar-refractivity contribution in [2.24, 2.45) is 0 Å². The van der Waals surface area contributed by atoms with Crippen LogP contribution in [0.4, 0.5) is 0 Å². The third-order valence-electron chi connectivity index (χ3n) is 3.44. The van der Waals surface area contributed by atoms with Crippen molar-refractivity contribution in [2.45, 2.75) is 19.3 Å². The largest absolute Gasteiger partial charge is 0.333 e. The first-order valence-electron chi connectivity index (χ1n) is 5.84. The van der Waals surface area contributed by atoms with Crippen molar-refractivity contribution in [3.8, 4) is 5.97 Å². The van der Waals surface area contributed by atoms with Gasteiger partial charge in [0, 0.05) is 24.9 Å². The highest BCUT2D eigenvalue weighted by Gasteiger charge is 2.27. The maximum atomic E-state index is 9.10. The second-order valence-corrected chi connectivity index (χ2v) is 4.44. The predicted molar refractivity (Wildman–Crippen MR) is 67.3 cm³/mol. The summed E-state index contributed by atoms with van der Waals surface area (Å²) in [6.45, 7) is 0.939. The van der Waals surface area contributed by atoms with Crippen LogP contribution in [0.15, 0.2) is 36.9 Å². The molecule has 3 rings (SSSR count). The van der Waals surface area contributed by atoms with Gasteiger partial charge in [-0.1, -0.05) is 30.0 Å². The van der Waals surface area contributed by atoms with Crippen LogP contribution in [0.1, 0.15) is 11.1 Å². The molecular weight excluding hydrogens is 209 g/mol. The summed E-state index contributed by atoms with van der Waals surface area (Å²) in [4.78, 5) is 4.05. The molecule has 1 aliphatic rings. The molecule has 4 heteroatoms. The van der Waals surface area contributed by atoms with Crippen LogP contribution in [-0.2, 0) is 13.0 Å². The highest BCUT2D eigenvalue weighted by atomic mass is 15.0. The Hall–Kier alpha value is -2.02. The number of hydrogen-bond donors (Lipinski definition) is 0. The first-order valence-corrected chi connectivity index (χ1v) is 5.84. The molecule has 82 valence electrons. The van der Waals surface area contributed by atoms with E-state index in [4.69, 9.17) is 5.26 Å². The van der Waals surface area contributed by atoms with Gasteiger partial charge in [0.25, 0.3) is 0 Å². The Balaban J connectivity index is 1.97. The quantitative estimate of drug-likeness (QED) is 0.716. The molecule has 1 aromatic heterocycles. The van der Waals surface area contributed by atoms with Gasteiger partial charge in [-0.15, -0.1) is 0 Å². The number of aromatic nitrogens is 2. The van der Waals surface area contributed by atoms with Crippen LogP contribution in [0.5, 0.6) is 0 Å². The van der Waals surface area contributed by atoms with Gasteiger partial charge in [0.15, 0.2) is 0 Å². The maximum Gasteiger partial charge on any atom is 0.300 e. The van der Waals surface area contributed by atoms with Crippen LogP contribution < -0.4 is 5.46 Å². The van der Waals surface area contributed by atoms with E-state index in [1.807, 2.05) is 12.5 Å². The van der Waals surface area contributed by atoms with E-state index >= 15 is 0 Å². The Labute approximate surface area is 101 Å². The molecule has 2 aromatic rings. The number of hydrogen-bond acceptors (Lipinski definition) is 2. The van der Waals surface area contributed by atoms with Gasteiger partial charge in [0.1, 0.15) is 0 Å². The summed E-state index contributed by atoms with van der Waals surface area (Å²) in [5, 5.41) is 9.10. The van der Waals surface area contributed by atoms with Crippen molar-refractivity contribution in [3.05, 3.63) is 48.0 Å². The van der Waals surface area contributed by atoms with Gasteiger partial charge in [0.05, 0.1) is 6.33 Å². The summed E-state index contributed by atoms with van der Waals surface area (Å²) in [6, 6.07) is 6.30. The molecule has 17 heavy (non-hydrogen) atoms. The number of fused-ring (bicyclic) bond motifs is 1. The third kappa shape index (κ3) is 1.74. The lowest BCUT2D eigenvalue weighted by atomic mass is 9.47. The Morgan fingerprint density at radius 3 is 3.18 bits per heavy atom. The molecule has 0 atom stereocenters. The summed E-state index contributed by atoms with van der Waals surface area (Å²) < 4.78 is 2.06. The summed E-state index contributed by atoms with van der Waals surface area (Å²) in [7, 11) is 0. The molecule has 0 aliphatic carbocycles. The summed E-state index contributed by atoms with van der Waals surface area (Å²) in [5.41, 5.74) is 3.91. The molecule has 0 saturated carbocycles. The maximum absolute atomic E-state index is 9.10. The summed E-state index contributed by atoms with van der Waals surface area (Å²) >= 11 is 0. The van der Waals surface area contributed by atoms with Gasteiger partial charge in [-0.3, -0.25) is 0 Å². The van der Waals surface area contributed by atoms with Crippen LogP contribution in [0.3, 0.4) is 0 Å². The molecule has 1 aliphatic heterocycles. The van der Waals surface area contributed by atoms with Crippen molar-refractivity contribution in [1.82, 2.24) is 9.55 Å². The zero-order valence-electron chi connectivity index (χ0n) is 9.50. The fourth-order valence-electron chi connectivity index (χ4n) is 2.59. The van der Waals surface area contributed by atoms with Gasteiger partial charge in [-0.2, -0.15) is 0 Å². The SMILES string of the molecule is N#CB1CCc2c(Cn3ccnc3)cccc21. The van der Waals surface area contributed by atoms with Gasteiger partial charge < -0.3 is 4.57 Å². The molecule has 0 unspecified atom stereocenters. The van der Waals surface area contributed by atoms with E-state index in [-0.39, 0.29) is 6.71 Å². The first kappa shape index (κ1) is 10.2. The molecule has 1 aromatic carbocycles. The Kier molecular flexibility index (Phi) is 2.45. The molecule has 0 spiro atoms. The van der Waals surface area contributed by atoms with Crippen molar-refractivity contribution < 1.29 is 0 Å². The van der Waals surface area contributed by atoms with Crippen LogP contribution >= 0.6 is 0 Å². The third-order valence-corrected chi connectivity index (χ3v) is 3.44. The number of nitriles is 1. The normalized spacial score (nSPS) is 13.5. The minimum atomic E-state index is 0.0905. The Morgan fingerprint density at radius 2 is 2.41 bits per heavy atom. The van der Waals surface area contributed by atoms with Crippen molar-refractivity contribution in [1.29, 1.82) is 5.26 Å². The van der Waals surface area contributed by atoms with Gasteiger partial charge in [-0.25, -0.2) is 10.2 Å². The van der Waals surface area contributed by atoms with Crippen LogP contribution in [0.25, 0.3) is 0 Å². The molecule has 3 nitrogen and oxygen atoms in total. The number of rotatable bonds is 2. The summed E-state index contributed by atoms with van der Waals surface area (Å²) in [6.07, 6.45) is 7.58. The van der Waals surface area contributed by atoms with Crippen molar-refractivity contribution in [3.63, 3.8) is 0 Å². The van der Waals surface area contributed by atoms with E-state index in [2.05, 4.69) is 33.7 Å². The zero-order valence-corrected chi connectivity index (χ0v) is 9.50. The van der Waals surface area contributed by atoms with Crippen molar-refractivity contribution in [2.75, 3.05) is 0 Å². The van der Waals surface area contributed by atoms with Crippen LogP contribution in [0.2, 0.25) is 6.32 Å². The molecule has 2 heterocycles. The predicted octanol–water partition coefficient (Wildman–Crippen LogP) is 1.25. The monoisotopic (exact) mass is 221 g/mol. The van der Waals surface area contributed by atoms with E-state index in [0.717, 1.165) is 19.3 Å². The second kappa shape index (κ2) is 4.10. The minimum absolute atomic E-state index is 0.0905. The minimum Gasteiger partial charge on any atom is -0.333 e. The average Bonchev–Trinajstić information content (AvgIpc) is 2.97. The standard InChI is InChI=1S/C13H12BN3/c15-9-14-5-4-12-11(2-1-3-13(12)14)8-17-7-6-16-10-17/h1-3,6-7,10H,4-5,8H2. The van der Waals surface area contributed by atoms with E-state index in [9.17, 15) is 0 Å². The smallest absolute Gasteiger partial charge is 0.300 e. The number of benzene rings is 1. The van der Waals surface area contributed by atoms with E-state index in [1.54, 1.807) is 6.20 Å². The second-order valence-electron chi connectivity index (χ2n) is 4.44. The van der Waals surface area contributed by atoms with Gasteiger partial charge in [-0.05, 0) is 17.5 Å². The van der Waals surface area contributed by atoms with Crippen LogP contribution in [-0.4, -0.2) is 16.3 Å². The topological polar surface area (TPSA) is 41.6 Å². The molecule has 0 amide bonds. The highest BCUT2D eigenvalue weighted by Crippen LogP contribution is 2.19. The molecule has 0 saturated heterocycles. The van der Waals surface area contributed by atoms with E-state index in [0.29, 0.717) is 0 Å². The average molecular weight is 221 g/mol. The fraction of sp³-hybridized carbons (Fsp3) is 0.231. The number of imidazole rings is 1. The van der Waals surface area contributed by atoms with Gasteiger partial charge >= 0.3 is 6.71 Å². The number of nitrogens with zero attached hydrogens (tertiary/aromatic N) is 3. The molecular formula is C13H12BN3. The first-order chi connectivity index (χ1) is 8.38. The van der Waals surface area contributed by atoms with Crippen LogP contribution in [0, 0.1) is 11.2 Å². The lowest BCUT2D eigenvalue weighted by Crippen LogP contribution is -2.25. The molecule has 0 radical (unpaired) electrons.